The molecule has 0 aromatic heterocycles. The largest absolute Gasteiger partial charge is 0.494 e. The molecule has 0 aliphatic carbocycles. The summed E-state index contributed by atoms with van der Waals surface area (Å²) in [5.41, 5.74) is 1.18. The zero-order chi connectivity index (χ0) is 38.8. The van der Waals surface area contributed by atoms with Crippen LogP contribution in [0.15, 0.2) is 84.9 Å². The van der Waals surface area contributed by atoms with Gasteiger partial charge in [0.15, 0.2) is 0 Å². The van der Waals surface area contributed by atoms with Gasteiger partial charge in [-0.25, -0.2) is 14.4 Å². The highest BCUT2D eigenvalue weighted by atomic mass is 16.5. The third kappa shape index (κ3) is 19.7. The van der Waals surface area contributed by atoms with Gasteiger partial charge >= 0.3 is 23.9 Å². The smallest absolute Gasteiger partial charge is 0.343 e. The molecule has 0 saturated heterocycles. The van der Waals surface area contributed by atoms with Crippen LogP contribution in [0.2, 0.25) is 0 Å². The van der Waals surface area contributed by atoms with E-state index in [-0.39, 0.29) is 19.4 Å². The zero-order valence-electron chi connectivity index (χ0n) is 31.9. The minimum Gasteiger partial charge on any atom is -0.494 e. The first-order valence-electron chi connectivity index (χ1n) is 19.2. The Morgan fingerprint density at radius 1 is 0.491 bits per heavy atom. The van der Waals surface area contributed by atoms with Gasteiger partial charge in [-0.1, -0.05) is 65.9 Å². The molecule has 55 heavy (non-hydrogen) atoms. The fourth-order valence-electron chi connectivity index (χ4n) is 5.20. The molecule has 0 N–H and O–H groups in total. The van der Waals surface area contributed by atoms with Crippen LogP contribution in [0.5, 0.6) is 23.0 Å². The maximum Gasteiger partial charge on any atom is 0.343 e. The number of unbranched alkanes of at least 4 members (excludes halogenated alkanes) is 10. The second-order valence-electron chi connectivity index (χ2n) is 13.1. The number of carbonyl (C=O) groups excluding carboxylic acids is 4. The lowest BCUT2D eigenvalue weighted by molar-refractivity contribution is -0.144. The Hall–Kier alpha value is -5.12. The summed E-state index contributed by atoms with van der Waals surface area (Å²) in [4.78, 5) is 48.4. The topological polar surface area (TPSA) is 124 Å². The van der Waals surface area contributed by atoms with Crippen molar-refractivity contribution in [2.24, 2.45) is 0 Å². The Morgan fingerprint density at radius 3 is 1.33 bits per heavy atom. The van der Waals surface area contributed by atoms with Gasteiger partial charge in [0.25, 0.3) is 0 Å². The van der Waals surface area contributed by atoms with Crippen LogP contribution >= 0.6 is 0 Å². The predicted octanol–water partition coefficient (Wildman–Crippen LogP) is 10.7. The van der Waals surface area contributed by atoms with Crippen LogP contribution in [0.25, 0.3) is 0 Å². The van der Waals surface area contributed by atoms with Crippen LogP contribution in [-0.4, -0.2) is 50.3 Å². The van der Waals surface area contributed by atoms with E-state index >= 15 is 0 Å². The monoisotopic (exact) mass is 760 g/mol. The summed E-state index contributed by atoms with van der Waals surface area (Å²) in [7, 11) is 0. The Balaban J connectivity index is 0.0000105. The van der Waals surface area contributed by atoms with E-state index in [1.165, 1.54) is 12.8 Å². The van der Waals surface area contributed by atoms with Gasteiger partial charge < -0.3 is 28.4 Å². The number of esters is 4. The zero-order valence-corrected chi connectivity index (χ0v) is 31.9. The molecule has 0 spiro atoms. The number of hydrogen-bond acceptors (Lipinski definition) is 10. The lowest BCUT2D eigenvalue weighted by atomic mass is 10.1. The van der Waals surface area contributed by atoms with Crippen molar-refractivity contribution < 1.29 is 47.6 Å². The molecule has 0 amide bonds. The van der Waals surface area contributed by atoms with E-state index in [0.29, 0.717) is 85.4 Å². The van der Waals surface area contributed by atoms with E-state index in [0.717, 1.165) is 57.8 Å². The number of ether oxygens (including phenoxy) is 6. The number of benzene rings is 3. The first-order valence-corrected chi connectivity index (χ1v) is 19.2. The molecule has 3 aromatic rings. The summed E-state index contributed by atoms with van der Waals surface area (Å²) in [6.07, 6.45) is 13.1. The van der Waals surface area contributed by atoms with E-state index < -0.39 is 11.9 Å². The summed E-state index contributed by atoms with van der Waals surface area (Å²) in [5, 5.41) is 0. The van der Waals surface area contributed by atoms with E-state index in [4.69, 9.17) is 28.4 Å². The molecule has 0 heterocycles. The summed E-state index contributed by atoms with van der Waals surface area (Å²) < 4.78 is 32.9. The van der Waals surface area contributed by atoms with E-state index in [1.807, 2.05) is 0 Å². The molecule has 300 valence electrons. The van der Waals surface area contributed by atoms with Crippen molar-refractivity contribution in [2.75, 3.05) is 26.4 Å². The summed E-state index contributed by atoms with van der Waals surface area (Å²) in [6.45, 7) is 9.33. The normalized spacial score (nSPS) is 10.4. The highest BCUT2D eigenvalue weighted by molar-refractivity contribution is 5.92. The average molecular weight is 761 g/mol. The molecule has 0 saturated carbocycles. The quantitative estimate of drug-likeness (QED) is 0.0321. The highest BCUT2D eigenvalue weighted by Crippen LogP contribution is 2.22. The number of rotatable bonds is 27. The minimum absolute atomic E-state index is 0. The number of carbonyl (C=O) groups is 4. The minimum atomic E-state index is -0.510. The summed E-state index contributed by atoms with van der Waals surface area (Å²) in [5.74, 6) is 0.483. The molecular formula is C45H60O10. The Morgan fingerprint density at radius 2 is 0.873 bits per heavy atom. The van der Waals surface area contributed by atoms with Crippen LogP contribution in [0.4, 0.5) is 0 Å². The summed E-state index contributed by atoms with van der Waals surface area (Å²) >= 11 is 0. The van der Waals surface area contributed by atoms with Crippen molar-refractivity contribution in [1.29, 1.82) is 0 Å². The molecule has 10 heteroatoms. The van der Waals surface area contributed by atoms with Crippen molar-refractivity contribution >= 4 is 23.9 Å². The van der Waals surface area contributed by atoms with Gasteiger partial charge in [0, 0.05) is 12.0 Å². The van der Waals surface area contributed by atoms with E-state index in [2.05, 4.69) is 13.5 Å². The van der Waals surface area contributed by atoms with Gasteiger partial charge in [0.1, 0.15) is 23.0 Å². The van der Waals surface area contributed by atoms with Gasteiger partial charge in [0.05, 0.1) is 37.6 Å². The predicted molar refractivity (Wildman–Crippen MR) is 214 cm³/mol. The molecule has 0 unspecified atom stereocenters. The third-order valence-corrected chi connectivity index (χ3v) is 8.37. The first kappa shape index (κ1) is 46.0. The van der Waals surface area contributed by atoms with Gasteiger partial charge in [-0.3, -0.25) is 4.79 Å². The third-order valence-electron chi connectivity index (χ3n) is 8.37. The standard InChI is InChI=1S/C44H56O10.CH4/c1-4-5-6-13-30-49-37-22-18-35(19-23-37)43(47)53-39-26-28-40(29-27-39)54-44(48)36-20-24-38(25-21-36)50-31-14-9-7-8-10-15-32-51-41(45)17-12-11-16-33-52-42(46)34(2)3;/h18-29H,2,4-17,30-33H2,1,3H3;1H4. The van der Waals surface area contributed by atoms with Crippen molar-refractivity contribution in [3.63, 3.8) is 0 Å². The molecular weight excluding hydrogens is 700 g/mol. The molecule has 10 nitrogen and oxygen atoms in total. The van der Waals surface area contributed by atoms with Crippen molar-refractivity contribution in [1.82, 2.24) is 0 Å². The molecule has 0 aliphatic rings. The SMILES string of the molecule is C.C=C(C)C(=O)OCCCCCC(=O)OCCCCCCCCOc1ccc(C(=O)Oc2ccc(OC(=O)c3ccc(OCCCCCC)cc3)cc2)cc1. The van der Waals surface area contributed by atoms with Crippen molar-refractivity contribution in [3.05, 3.63) is 96.1 Å². The van der Waals surface area contributed by atoms with Gasteiger partial charge in [-0.2, -0.15) is 0 Å². The molecule has 0 bridgehead atoms. The van der Waals surface area contributed by atoms with Crippen LogP contribution in [0.3, 0.4) is 0 Å². The lowest BCUT2D eigenvalue weighted by Crippen LogP contribution is -2.09. The first-order chi connectivity index (χ1) is 26.2. The summed E-state index contributed by atoms with van der Waals surface area (Å²) in [6, 6.07) is 20.0. The van der Waals surface area contributed by atoms with Gasteiger partial charge in [0.2, 0.25) is 0 Å². The maximum atomic E-state index is 12.7. The van der Waals surface area contributed by atoms with Gasteiger partial charge in [-0.15, -0.1) is 0 Å². The van der Waals surface area contributed by atoms with Crippen LogP contribution < -0.4 is 18.9 Å². The fourth-order valence-corrected chi connectivity index (χ4v) is 5.20. The molecule has 0 radical (unpaired) electrons. The van der Waals surface area contributed by atoms with Crippen molar-refractivity contribution in [2.45, 2.75) is 111 Å². The molecule has 3 rings (SSSR count). The van der Waals surface area contributed by atoms with E-state index in [1.54, 1.807) is 79.7 Å². The Labute approximate surface area is 327 Å². The van der Waals surface area contributed by atoms with Gasteiger partial charge in [-0.05, 0) is 118 Å². The van der Waals surface area contributed by atoms with Crippen LogP contribution in [0, 0.1) is 0 Å². The molecule has 0 aliphatic heterocycles. The molecule has 0 fully saturated rings. The Bertz CT molecular complexity index is 1560. The second kappa shape index (κ2) is 27.5. The van der Waals surface area contributed by atoms with Crippen LogP contribution in [0.1, 0.15) is 132 Å². The van der Waals surface area contributed by atoms with E-state index in [9.17, 15) is 19.2 Å². The molecule has 0 atom stereocenters. The van der Waals surface area contributed by atoms with Crippen molar-refractivity contribution in [3.8, 4) is 23.0 Å². The Kier molecular flexibility index (Phi) is 23.0. The average Bonchev–Trinajstić information content (AvgIpc) is 3.17. The fraction of sp³-hybridized carbons (Fsp3) is 0.467. The molecule has 3 aromatic carbocycles. The highest BCUT2D eigenvalue weighted by Gasteiger charge is 2.12. The van der Waals surface area contributed by atoms with Crippen LogP contribution in [-0.2, 0) is 19.1 Å². The second-order valence-corrected chi connectivity index (χ2v) is 13.1. The lowest BCUT2D eigenvalue weighted by Gasteiger charge is -2.09. The number of hydrogen-bond donors (Lipinski definition) is 0. The maximum absolute atomic E-state index is 12.7.